The van der Waals surface area contributed by atoms with E-state index in [2.05, 4.69) is 0 Å². The highest BCUT2D eigenvalue weighted by molar-refractivity contribution is 7.54. The van der Waals surface area contributed by atoms with Crippen molar-refractivity contribution in [2.24, 2.45) is 0 Å². The molecule has 1 atom stereocenters. The number of carbonyl (C=O) groups excluding carboxylic acids is 3. The van der Waals surface area contributed by atoms with E-state index in [0.29, 0.717) is 25.0 Å². The fourth-order valence-corrected chi connectivity index (χ4v) is 3.96. The molecule has 0 radical (unpaired) electrons. The van der Waals surface area contributed by atoms with Gasteiger partial charge in [-0.2, -0.15) is 0 Å². The van der Waals surface area contributed by atoms with Crippen LogP contribution in [0.4, 0.5) is 18.4 Å². The van der Waals surface area contributed by atoms with Gasteiger partial charge in [-0.1, -0.05) is 32.8 Å². The van der Waals surface area contributed by atoms with Crippen LogP contribution in [-0.2, 0) is 42.1 Å². The normalized spacial score (nSPS) is 11.9. The summed E-state index contributed by atoms with van der Waals surface area (Å²) in [5.41, 5.74) is -0.323. The number of ether oxygens (including phenoxy) is 5. The molecule has 0 aliphatic rings. The number of hydrogen-bond acceptors (Lipinski definition) is 12. The van der Waals surface area contributed by atoms with Gasteiger partial charge in [0.1, 0.15) is 6.61 Å². The predicted octanol–water partition coefficient (Wildman–Crippen LogP) is 4.88. The van der Waals surface area contributed by atoms with Gasteiger partial charge in [0, 0.05) is 7.05 Å². The van der Waals surface area contributed by atoms with Crippen LogP contribution in [0, 0.1) is 11.6 Å². The molecule has 0 fully saturated rings. The van der Waals surface area contributed by atoms with Crippen LogP contribution in [0.5, 0.6) is 0 Å². The molecule has 0 aliphatic heterocycles. The topological polar surface area (TPSA) is 156 Å². The summed E-state index contributed by atoms with van der Waals surface area (Å²) in [6.07, 6.45) is 0.266. The number of benzene rings is 1. The SMILES string of the molecule is CCCCOC(=O)OCOP(=O)(OCOC(=O)OCCCC)C(OCC(=O)N(C)O)c1ccc(F)c(F)c1. The van der Waals surface area contributed by atoms with Crippen molar-refractivity contribution >= 4 is 25.8 Å². The molecule has 13 nitrogen and oxygen atoms in total. The molecule has 0 aromatic heterocycles. The Hall–Kier alpha value is -2.84. The summed E-state index contributed by atoms with van der Waals surface area (Å²) in [5.74, 6) is -5.57. The third kappa shape index (κ3) is 12.1. The first kappa shape index (κ1) is 33.2. The van der Waals surface area contributed by atoms with Crippen LogP contribution >= 0.6 is 7.60 Å². The first-order chi connectivity index (χ1) is 18.0. The van der Waals surface area contributed by atoms with Crippen molar-refractivity contribution in [1.29, 1.82) is 0 Å². The maximum absolute atomic E-state index is 14.0. The molecular weight excluding hydrogens is 539 g/mol. The van der Waals surface area contributed by atoms with Gasteiger partial charge in [0.2, 0.25) is 13.6 Å². The van der Waals surface area contributed by atoms with Crippen molar-refractivity contribution in [3.05, 3.63) is 35.4 Å². The zero-order valence-corrected chi connectivity index (χ0v) is 22.2. The number of unbranched alkanes of at least 4 members (excludes halogenated alkanes) is 2. The van der Waals surface area contributed by atoms with Crippen LogP contribution in [-0.4, -0.2) is 68.9 Å². The number of halogens is 2. The summed E-state index contributed by atoms with van der Waals surface area (Å²) in [4.78, 5) is 35.3. The molecule has 1 unspecified atom stereocenters. The number of hydrogen-bond donors (Lipinski definition) is 1. The lowest BCUT2D eigenvalue weighted by Crippen LogP contribution is -2.28. The van der Waals surface area contributed by atoms with Gasteiger partial charge in [-0.05, 0) is 30.5 Å². The molecule has 0 saturated heterocycles. The lowest BCUT2D eigenvalue weighted by Gasteiger charge is -2.27. The second kappa shape index (κ2) is 17.6. The van der Waals surface area contributed by atoms with Gasteiger partial charge in [0.15, 0.2) is 17.5 Å². The largest absolute Gasteiger partial charge is 0.510 e. The quantitative estimate of drug-likeness (QED) is 0.0676. The standard InChI is InChI=1S/C22H32F2NO12P/c1-4-6-10-31-21(27)34-14-36-38(30,37-15-35-22(28)32-11-7-5-2)20(33-13-19(26)25(3)29)16-8-9-17(23)18(24)12-16/h8-9,12,20,29H,4-7,10-11,13-15H2,1-3H3. The van der Waals surface area contributed by atoms with Crippen molar-refractivity contribution < 1.29 is 65.7 Å². The van der Waals surface area contributed by atoms with E-state index in [1.807, 2.05) is 13.8 Å². The summed E-state index contributed by atoms with van der Waals surface area (Å²) < 4.78 is 75.7. The van der Waals surface area contributed by atoms with Crippen molar-refractivity contribution in [1.82, 2.24) is 5.06 Å². The highest BCUT2D eigenvalue weighted by Crippen LogP contribution is 2.61. The molecule has 0 saturated carbocycles. The summed E-state index contributed by atoms with van der Waals surface area (Å²) in [7, 11) is -3.79. The zero-order valence-electron chi connectivity index (χ0n) is 21.3. The molecule has 1 aromatic carbocycles. The van der Waals surface area contributed by atoms with Gasteiger partial charge in [-0.15, -0.1) is 0 Å². The minimum absolute atomic E-state index is 0.0505. The Bertz CT molecular complexity index is 917. The molecule has 16 heteroatoms. The number of hydroxylamine groups is 2. The second-order valence-corrected chi connectivity index (χ2v) is 9.55. The molecule has 1 rings (SSSR count). The van der Waals surface area contributed by atoms with Gasteiger partial charge in [0.25, 0.3) is 5.91 Å². The van der Waals surface area contributed by atoms with Gasteiger partial charge >= 0.3 is 19.9 Å². The lowest BCUT2D eigenvalue weighted by atomic mass is 10.2. The molecule has 216 valence electrons. The highest BCUT2D eigenvalue weighted by Gasteiger charge is 2.41. The van der Waals surface area contributed by atoms with Crippen LogP contribution in [0.3, 0.4) is 0 Å². The Kier molecular flexibility index (Phi) is 15.4. The van der Waals surface area contributed by atoms with E-state index in [1.54, 1.807) is 0 Å². The number of amides is 1. The van der Waals surface area contributed by atoms with Gasteiger partial charge in [0.05, 0.1) is 13.2 Å². The van der Waals surface area contributed by atoms with Crippen LogP contribution in [0.25, 0.3) is 0 Å². The maximum atomic E-state index is 14.0. The fraction of sp³-hybridized carbons (Fsp3) is 0.591. The van der Waals surface area contributed by atoms with Gasteiger partial charge in [-0.25, -0.2) is 23.4 Å². The Morgan fingerprint density at radius 3 is 1.89 bits per heavy atom. The van der Waals surface area contributed by atoms with E-state index in [4.69, 9.17) is 32.7 Å². The van der Waals surface area contributed by atoms with E-state index in [9.17, 15) is 32.9 Å². The van der Waals surface area contributed by atoms with Crippen LogP contribution < -0.4 is 0 Å². The fourth-order valence-electron chi connectivity index (χ4n) is 2.43. The Morgan fingerprint density at radius 2 is 1.45 bits per heavy atom. The minimum Gasteiger partial charge on any atom is -0.434 e. The van der Waals surface area contributed by atoms with Gasteiger partial charge < -0.3 is 23.7 Å². The minimum atomic E-state index is -4.78. The molecule has 38 heavy (non-hydrogen) atoms. The maximum Gasteiger partial charge on any atom is 0.510 e. The molecule has 0 heterocycles. The number of rotatable bonds is 17. The highest BCUT2D eigenvalue weighted by atomic mass is 31.2. The Morgan fingerprint density at radius 1 is 0.921 bits per heavy atom. The molecule has 0 spiro atoms. The van der Waals surface area contributed by atoms with Crippen LogP contribution in [0.1, 0.15) is 50.9 Å². The molecule has 0 aliphatic carbocycles. The number of likely N-dealkylation sites (N-methyl/N-ethyl adjacent to an activating group) is 1. The number of carbonyl (C=O) groups is 3. The first-order valence-electron chi connectivity index (χ1n) is 11.5. The Balaban J connectivity index is 3.13. The van der Waals surface area contributed by atoms with Crippen molar-refractivity contribution in [3.63, 3.8) is 0 Å². The van der Waals surface area contributed by atoms with Crippen molar-refractivity contribution in [2.45, 2.75) is 45.4 Å². The van der Waals surface area contributed by atoms with E-state index in [1.165, 1.54) is 0 Å². The van der Waals surface area contributed by atoms with E-state index in [0.717, 1.165) is 26.0 Å². The molecule has 0 bridgehead atoms. The average Bonchev–Trinajstić information content (AvgIpc) is 2.86. The summed E-state index contributed by atoms with van der Waals surface area (Å²) in [6.45, 7) is 0.855. The average molecular weight is 571 g/mol. The molecule has 1 N–H and O–H groups in total. The van der Waals surface area contributed by atoms with Crippen LogP contribution in [0.2, 0.25) is 0 Å². The number of nitrogens with zero attached hydrogens (tertiary/aromatic N) is 1. The molecular formula is C22H32F2NO12P. The summed E-state index contributed by atoms with van der Waals surface area (Å²) in [5, 5.41) is 9.46. The zero-order chi connectivity index (χ0) is 28.6. The molecule has 1 amide bonds. The van der Waals surface area contributed by atoms with E-state index < -0.39 is 63.5 Å². The van der Waals surface area contributed by atoms with E-state index >= 15 is 0 Å². The first-order valence-corrected chi connectivity index (χ1v) is 13.1. The van der Waals surface area contributed by atoms with Crippen molar-refractivity contribution in [2.75, 3.05) is 40.5 Å². The van der Waals surface area contributed by atoms with Crippen molar-refractivity contribution in [3.8, 4) is 0 Å². The monoisotopic (exact) mass is 571 g/mol. The predicted molar refractivity (Wildman–Crippen MR) is 124 cm³/mol. The summed E-state index contributed by atoms with van der Waals surface area (Å²) in [6, 6.07) is 2.26. The van der Waals surface area contributed by atoms with E-state index in [-0.39, 0.29) is 23.8 Å². The Labute approximate surface area is 218 Å². The molecule has 1 aromatic rings. The van der Waals surface area contributed by atoms with Gasteiger partial charge in [-0.3, -0.25) is 23.6 Å². The third-order valence-electron chi connectivity index (χ3n) is 4.50. The second-order valence-electron chi connectivity index (χ2n) is 7.48. The lowest BCUT2D eigenvalue weighted by molar-refractivity contribution is -0.165. The van der Waals surface area contributed by atoms with Crippen LogP contribution in [0.15, 0.2) is 18.2 Å². The smallest absolute Gasteiger partial charge is 0.434 e. The third-order valence-corrected chi connectivity index (χ3v) is 6.45. The summed E-state index contributed by atoms with van der Waals surface area (Å²) >= 11 is 0.